The number of imidazole rings is 1. The Morgan fingerprint density at radius 1 is 1.09 bits per heavy atom. The van der Waals surface area contributed by atoms with Gasteiger partial charge in [-0.15, -0.1) is 0 Å². The van der Waals surface area contributed by atoms with Crippen molar-refractivity contribution >= 4 is 39.2 Å². The van der Waals surface area contributed by atoms with E-state index in [1.54, 1.807) is 39.2 Å². The van der Waals surface area contributed by atoms with Gasteiger partial charge in [0.25, 0.3) is 11.1 Å². The minimum atomic E-state index is -4.55. The van der Waals surface area contributed by atoms with Gasteiger partial charge in [-0.1, -0.05) is 41.5 Å². The molecule has 5 heterocycles. The number of fused-ring (bicyclic) bond motifs is 1. The molecule has 7 atom stereocenters. The van der Waals surface area contributed by atoms with E-state index in [1.165, 1.54) is 17.1 Å². The van der Waals surface area contributed by atoms with Gasteiger partial charge in [0.2, 0.25) is 18.4 Å². The molecule has 3 aromatic rings. The number of hydrogen-bond acceptors (Lipinski definition) is 13. The first kappa shape index (κ1) is 44.3. The summed E-state index contributed by atoms with van der Waals surface area (Å²) in [4.78, 5) is 67.3. The Hall–Kier alpha value is -3.80. The highest BCUT2D eigenvalue weighted by molar-refractivity contribution is 7.48. The molecule has 0 bridgehead atoms. The van der Waals surface area contributed by atoms with Crippen molar-refractivity contribution in [1.82, 2.24) is 29.1 Å². The molecule has 0 aromatic carbocycles. The van der Waals surface area contributed by atoms with Crippen molar-refractivity contribution in [3.63, 3.8) is 0 Å². The predicted octanol–water partition coefficient (Wildman–Crippen LogP) is 5.17. The lowest BCUT2D eigenvalue weighted by molar-refractivity contribution is -0.123. The molecule has 3 N–H and O–H groups in total. The van der Waals surface area contributed by atoms with Crippen LogP contribution in [0.2, 0.25) is 18.1 Å². The number of aromatic amines is 2. The summed E-state index contributed by atoms with van der Waals surface area (Å²) in [6.07, 6.45) is -1.12. The topological polar surface area (TPSA) is 224 Å². The van der Waals surface area contributed by atoms with Crippen LogP contribution in [0.1, 0.15) is 92.7 Å². The molecule has 57 heavy (non-hydrogen) atoms. The second-order valence-corrected chi connectivity index (χ2v) is 23.1. The minimum absolute atomic E-state index is 0.0282. The van der Waals surface area contributed by atoms with E-state index in [0.29, 0.717) is 12.0 Å². The van der Waals surface area contributed by atoms with E-state index < -0.39 is 75.4 Å². The van der Waals surface area contributed by atoms with Gasteiger partial charge in [0, 0.05) is 30.5 Å². The second kappa shape index (κ2) is 16.8. The third-order valence-electron chi connectivity index (χ3n) is 10.6. The zero-order valence-electron chi connectivity index (χ0n) is 34.4. The van der Waals surface area contributed by atoms with Gasteiger partial charge in [-0.3, -0.25) is 52.4 Å². The first-order valence-electron chi connectivity index (χ1n) is 19.0. The highest BCUT2D eigenvalue weighted by atomic mass is 31.2. The van der Waals surface area contributed by atoms with Gasteiger partial charge < -0.3 is 18.7 Å². The first-order chi connectivity index (χ1) is 26.5. The molecule has 2 fully saturated rings. The largest absolute Gasteiger partial charge is 0.476 e. The monoisotopic (exact) mass is 834 g/mol. The maximum Gasteiger partial charge on any atom is 0.476 e. The Bertz CT molecular complexity index is 2220. The normalized spacial score (nSPS) is 24.2. The van der Waals surface area contributed by atoms with Crippen LogP contribution in [0, 0.1) is 19.4 Å². The summed E-state index contributed by atoms with van der Waals surface area (Å²) in [5.41, 5.74) is -2.66. The number of ether oxygens (including phenoxy) is 2. The number of phosphoric acid groups is 1. The molecule has 2 aliphatic heterocycles. The van der Waals surface area contributed by atoms with Crippen molar-refractivity contribution in [2.45, 2.75) is 142 Å². The smallest absolute Gasteiger partial charge is 0.411 e. The number of aryl methyl sites for hydroxylation is 1. The van der Waals surface area contributed by atoms with E-state index in [9.17, 15) is 23.7 Å². The fraction of sp³-hybridized carbons (Fsp3) is 0.694. The van der Waals surface area contributed by atoms with E-state index in [0.717, 1.165) is 0 Å². The number of phosphoric ester groups is 1. The minimum Gasteiger partial charge on any atom is -0.411 e. The number of hydrogen-bond donors (Lipinski definition) is 3. The number of anilines is 1. The molecule has 2 aliphatic rings. The van der Waals surface area contributed by atoms with Crippen LogP contribution in [0.4, 0.5) is 5.95 Å². The van der Waals surface area contributed by atoms with Crippen LogP contribution >= 0.6 is 7.82 Å². The number of carbonyl (C=O) groups is 1. The lowest BCUT2D eigenvalue weighted by atomic mass is 9.97. The Labute approximate surface area is 331 Å². The number of carbonyl (C=O) groups excluding carboxylic acids is 1. The highest BCUT2D eigenvalue weighted by Gasteiger charge is 2.54. The van der Waals surface area contributed by atoms with E-state index in [-0.39, 0.29) is 60.0 Å². The molecule has 0 radical (unpaired) electrons. The third-order valence-corrected chi connectivity index (χ3v) is 16.9. The van der Waals surface area contributed by atoms with Gasteiger partial charge in [-0.25, -0.2) is 20.9 Å². The van der Waals surface area contributed by atoms with Crippen molar-refractivity contribution < 1.29 is 36.8 Å². The molecule has 314 valence electrons. The lowest BCUT2D eigenvalue weighted by Gasteiger charge is -2.42. The summed E-state index contributed by atoms with van der Waals surface area (Å²) in [6, 6.07) is 0. The number of nitrogens with zero attached hydrogens (tertiary/aromatic N) is 5. The van der Waals surface area contributed by atoms with Crippen LogP contribution in [0.3, 0.4) is 0 Å². The molecule has 1 amide bonds. The summed E-state index contributed by atoms with van der Waals surface area (Å²) >= 11 is 0. The molecule has 2 saturated heterocycles. The van der Waals surface area contributed by atoms with Crippen LogP contribution in [0.15, 0.2) is 26.9 Å². The van der Waals surface area contributed by atoms with Crippen molar-refractivity contribution in [3.05, 3.63) is 60.7 Å². The van der Waals surface area contributed by atoms with Gasteiger partial charge in [-0.2, -0.15) is 4.98 Å². The third kappa shape index (κ3) is 9.74. The number of H-pyrrole nitrogens is 2. The van der Waals surface area contributed by atoms with E-state index in [1.807, 2.05) is 6.92 Å². The number of nitrogens with one attached hydrogen (secondary N) is 3. The van der Waals surface area contributed by atoms with Crippen LogP contribution in [-0.2, 0) is 36.8 Å². The summed E-state index contributed by atoms with van der Waals surface area (Å²) in [5.74, 6) is -0.750. The van der Waals surface area contributed by atoms with Gasteiger partial charge in [0.05, 0.1) is 24.6 Å². The Kier molecular flexibility index (Phi) is 13.1. The maximum atomic E-state index is 14.8. The average molecular weight is 835 g/mol. The molecular formula is C36H55N8O11PSi. The van der Waals surface area contributed by atoms with Crippen molar-refractivity contribution in [2.75, 3.05) is 18.5 Å². The standard InChI is InChI=1S/C36H55N8O11PSi/c1-13-22-23(16-26(51-22)44-19-38-27-29(44)39-33(41-32(27)47)40-30(45)20(2)3)53-56(49,50-15-14-37-10)55-36(8,9)28-24(54-57(11,12)35(5,6)7)17-25(52-28)43-18-21(4)31(46)42-34(43)48/h18-20,22-26,28H,13-17H2,1-9,11-12H3,(H,42,46,48)(H2,39,40,41,45,47)/t22-,23-,24-,25-,26-,28+,56?/m1/s1. The maximum absolute atomic E-state index is 14.8. The summed E-state index contributed by atoms with van der Waals surface area (Å²) in [7, 11) is -7.02. The lowest BCUT2D eigenvalue weighted by Crippen LogP contribution is -2.51. The van der Waals surface area contributed by atoms with Crippen molar-refractivity contribution in [3.8, 4) is 0 Å². The SMILES string of the molecule is [C-]#[N+]CCOP(=O)(O[C@@H]1C[C@H](n2cnc3c(=O)[nH]c(NC(=O)C(C)C)nc32)O[C@@H]1CC)OC(C)(C)[C@H]1O[C@@H](n2cc(C)c(=O)[nH]c2=O)C[C@H]1O[Si](C)(C)C(C)(C)C. The summed E-state index contributed by atoms with van der Waals surface area (Å²) < 4.78 is 55.9. The number of aromatic nitrogens is 6. The molecule has 5 rings (SSSR count). The molecule has 0 spiro atoms. The van der Waals surface area contributed by atoms with Crippen LogP contribution in [0.5, 0.6) is 0 Å². The molecule has 1 unspecified atom stereocenters. The molecule has 0 saturated carbocycles. The van der Waals surface area contributed by atoms with E-state index in [4.69, 9.17) is 34.0 Å². The first-order valence-corrected chi connectivity index (χ1v) is 23.4. The molecular weight excluding hydrogens is 780 g/mol. The van der Waals surface area contributed by atoms with Gasteiger partial charge >= 0.3 is 13.5 Å². The zero-order chi connectivity index (χ0) is 42.2. The molecule has 21 heteroatoms. The van der Waals surface area contributed by atoms with E-state index >= 15 is 0 Å². The predicted molar refractivity (Wildman–Crippen MR) is 212 cm³/mol. The van der Waals surface area contributed by atoms with Crippen LogP contribution < -0.4 is 22.1 Å². The number of amides is 1. The fourth-order valence-electron chi connectivity index (χ4n) is 6.47. The van der Waals surface area contributed by atoms with Crippen LogP contribution in [-0.4, -0.2) is 86.5 Å². The second-order valence-electron chi connectivity index (χ2n) is 16.8. The quantitative estimate of drug-likeness (QED) is 0.0779. The fourth-order valence-corrected chi connectivity index (χ4v) is 9.50. The molecule has 19 nitrogen and oxygen atoms in total. The average Bonchev–Trinajstić information content (AvgIpc) is 3.82. The van der Waals surface area contributed by atoms with Crippen LogP contribution in [0.25, 0.3) is 16.0 Å². The van der Waals surface area contributed by atoms with Gasteiger partial charge in [0.1, 0.15) is 30.8 Å². The highest BCUT2D eigenvalue weighted by Crippen LogP contribution is 2.58. The molecule has 3 aromatic heterocycles. The number of rotatable bonds is 15. The van der Waals surface area contributed by atoms with Gasteiger partial charge in [-0.05, 0) is 45.3 Å². The van der Waals surface area contributed by atoms with Gasteiger partial charge in [0.15, 0.2) is 19.5 Å². The van der Waals surface area contributed by atoms with E-state index in [2.05, 4.69) is 64.0 Å². The van der Waals surface area contributed by atoms with Crippen molar-refractivity contribution in [2.24, 2.45) is 5.92 Å². The Balaban J connectivity index is 1.45. The Morgan fingerprint density at radius 2 is 1.75 bits per heavy atom. The molecule has 0 aliphatic carbocycles. The van der Waals surface area contributed by atoms with Crippen molar-refractivity contribution in [1.29, 1.82) is 0 Å². The Morgan fingerprint density at radius 3 is 2.39 bits per heavy atom. The summed E-state index contributed by atoms with van der Waals surface area (Å²) in [6.45, 7) is 27.6. The zero-order valence-corrected chi connectivity index (χ0v) is 36.3. The summed E-state index contributed by atoms with van der Waals surface area (Å²) in [5, 5.41) is 2.40.